The zero-order valence-electron chi connectivity index (χ0n) is 9.77. The first-order valence-corrected chi connectivity index (χ1v) is 6.71. The Morgan fingerprint density at radius 1 is 1.06 bits per heavy atom. The lowest BCUT2D eigenvalue weighted by atomic mass is 10.2. The summed E-state index contributed by atoms with van der Waals surface area (Å²) in [5.41, 5.74) is 3.41. The first-order valence-electron chi connectivity index (χ1n) is 5.34. The molecule has 2 nitrogen and oxygen atoms in total. The third-order valence-electron chi connectivity index (χ3n) is 2.64. The molecule has 1 aromatic heterocycles. The lowest BCUT2D eigenvalue weighted by Gasteiger charge is -2.07. The van der Waals surface area contributed by atoms with Crippen LogP contribution < -0.4 is 0 Å². The van der Waals surface area contributed by atoms with E-state index in [1.807, 2.05) is 32.0 Å². The van der Waals surface area contributed by atoms with Gasteiger partial charge in [-0.25, -0.2) is 0 Å². The van der Waals surface area contributed by atoms with Crippen molar-refractivity contribution < 1.29 is 0 Å². The summed E-state index contributed by atoms with van der Waals surface area (Å²) in [4.78, 5) is 0. The quantitative estimate of drug-likeness (QED) is 0.783. The molecule has 0 aliphatic carbocycles. The van der Waals surface area contributed by atoms with E-state index in [2.05, 4.69) is 22.3 Å². The summed E-state index contributed by atoms with van der Waals surface area (Å²) in [7, 11) is 0. The van der Waals surface area contributed by atoms with Gasteiger partial charge in [0.1, 0.15) is 5.03 Å². The van der Waals surface area contributed by atoms with Crippen molar-refractivity contribution in [3.8, 4) is 0 Å². The number of hydrogen-bond donors (Lipinski definition) is 0. The second-order valence-corrected chi connectivity index (χ2v) is 5.14. The van der Waals surface area contributed by atoms with Crippen molar-refractivity contribution in [2.75, 3.05) is 0 Å². The molecule has 0 N–H and O–H groups in total. The Morgan fingerprint density at radius 3 is 2.47 bits per heavy atom. The molecular formula is C13H13ClN2S. The molecule has 0 bridgehead atoms. The molecule has 2 rings (SSSR count). The van der Waals surface area contributed by atoms with Crippen LogP contribution in [0.1, 0.15) is 16.7 Å². The summed E-state index contributed by atoms with van der Waals surface area (Å²) in [5.74, 6) is 0.900. The molecule has 1 aromatic carbocycles. The molecule has 2 aromatic rings. The topological polar surface area (TPSA) is 25.8 Å². The van der Waals surface area contributed by atoms with Crippen LogP contribution in [-0.2, 0) is 5.75 Å². The van der Waals surface area contributed by atoms with Crippen molar-refractivity contribution in [1.82, 2.24) is 10.2 Å². The standard InChI is InChI=1S/C13H13ClN2S/c1-9-10(2)13(16-15-12(9)14)17-8-11-6-4-3-5-7-11/h3-7H,8H2,1-2H3. The van der Waals surface area contributed by atoms with E-state index in [1.54, 1.807) is 11.8 Å². The minimum absolute atomic E-state index is 0.492. The van der Waals surface area contributed by atoms with Gasteiger partial charge in [-0.15, -0.1) is 10.2 Å². The summed E-state index contributed by atoms with van der Waals surface area (Å²) >= 11 is 7.61. The van der Waals surface area contributed by atoms with Gasteiger partial charge in [-0.05, 0) is 30.5 Å². The van der Waals surface area contributed by atoms with Gasteiger partial charge in [-0.2, -0.15) is 0 Å². The molecule has 0 radical (unpaired) electrons. The lowest BCUT2D eigenvalue weighted by molar-refractivity contribution is 0.891. The highest BCUT2D eigenvalue weighted by molar-refractivity contribution is 7.98. The molecular weight excluding hydrogens is 252 g/mol. The van der Waals surface area contributed by atoms with E-state index in [0.717, 1.165) is 21.9 Å². The third-order valence-corrected chi connectivity index (χ3v) is 4.14. The second kappa shape index (κ2) is 5.52. The molecule has 0 unspecified atom stereocenters. The number of hydrogen-bond acceptors (Lipinski definition) is 3. The van der Waals surface area contributed by atoms with Gasteiger partial charge in [-0.1, -0.05) is 53.7 Å². The number of aromatic nitrogens is 2. The van der Waals surface area contributed by atoms with Gasteiger partial charge in [0.25, 0.3) is 0 Å². The van der Waals surface area contributed by atoms with E-state index in [-0.39, 0.29) is 0 Å². The molecule has 0 aliphatic heterocycles. The number of benzene rings is 1. The van der Waals surface area contributed by atoms with Crippen molar-refractivity contribution in [1.29, 1.82) is 0 Å². The van der Waals surface area contributed by atoms with Crippen LogP contribution in [0.4, 0.5) is 0 Å². The van der Waals surface area contributed by atoms with E-state index in [9.17, 15) is 0 Å². The maximum atomic E-state index is 5.92. The highest BCUT2D eigenvalue weighted by atomic mass is 35.5. The lowest BCUT2D eigenvalue weighted by Crippen LogP contribution is -1.95. The Hall–Kier alpha value is -1.06. The maximum absolute atomic E-state index is 5.92. The molecule has 1 heterocycles. The van der Waals surface area contributed by atoms with Gasteiger partial charge in [0.15, 0.2) is 5.15 Å². The van der Waals surface area contributed by atoms with Gasteiger partial charge in [0, 0.05) is 5.75 Å². The maximum Gasteiger partial charge on any atom is 0.154 e. The number of halogens is 1. The predicted molar refractivity (Wildman–Crippen MR) is 72.5 cm³/mol. The van der Waals surface area contributed by atoms with Crippen molar-refractivity contribution in [3.63, 3.8) is 0 Å². The largest absolute Gasteiger partial charge is 0.154 e. The van der Waals surface area contributed by atoms with Crippen molar-refractivity contribution >= 4 is 23.4 Å². The predicted octanol–water partition coefficient (Wildman–Crippen LogP) is 4.04. The van der Waals surface area contributed by atoms with E-state index in [1.165, 1.54) is 5.56 Å². The van der Waals surface area contributed by atoms with Crippen LogP contribution in [0, 0.1) is 13.8 Å². The van der Waals surface area contributed by atoms with Crippen LogP contribution in [0.5, 0.6) is 0 Å². The second-order valence-electron chi connectivity index (χ2n) is 3.82. The highest BCUT2D eigenvalue weighted by Gasteiger charge is 2.08. The Labute approximate surface area is 110 Å². The van der Waals surface area contributed by atoms with E-state index >= 15 is 0 Å². The van der Waals surface area contributed by atoms with Crippen LogP contribution in [0.3, 0.4) is 0 Å². The van der Waals surface area contributed by atoms with Gasteiger partial charge in [0.2, 0.25) is 0 Å². The molecule has 0 spiro atoms. The minimum atomic E-state index is 0.492. The first kappa shape index (κ1) is 12.4. The molecule has 0 amide bonds. The Balaban J connectivity index is 2.13. The van der Waals surface area contributed by atoms with Crippen molar-refractivity contribution in [3.05, 3.63) is 52.2 Å². The van der Waals surface area contributed by atoms with Crippen LogP contribution in [0.15, 0.2) is 35.4 Å². The van der Waals surface area contributed by atoms with Crippen LogP contribution >= 0.6 is 23.4 Å². The van der Waals surface area contributed by atoms with E-state index in [0.29, 0.717) is 5.15 Å². The summed E-state index contributed by atoms with van der Waals surface area (Å²) in [6, 6.07) is 10.3. The molecule has 0 aliphatic rings. The molecule has 88 valence electrons. The minimum Gasteiger partial charge on any atom is -0.142 e. The average Bonchev–Trinajstić information content (AvgIpc) is 2.36. The van der Waals surface area contributed by atoms with Gasteiger partial charge >= 0.3 is 0 Å². The summed E-state index contributed by atoms with van der Waals surface area (Å²) in [5, 5.41) is 9.53. The first-order chi connectivity index (χ1) is 8.18. The fourth-order valence-electron chi connectivity index (χ4n) is 1.42. The molecule has 17 heavy (non-hydrogen) atoms. The fourth-order valence-corrected chi connectivity index (χ4v) is 2.56. The number of thioether (sulfide) groups is 1. The monoisotopic (exact) mass is 264 g/mol. The molecule has 0 saturated heterocycles. The van der Waals surface area contributed by atoms with Crippen molar-refractivity contribution in [2.24, 2.45) is 0 Å². The summed E-state index contributed by atoms with van der Waals surface area (Å²) in [6.07, 6.45) is 0. The van der Waals surface area contributed by atoms with E-state index < -0.39 is 0 Å². The van der Waals surface area contributed by atoms with Crippen molar-refractivity contribution in [2.45, 2.75) is 24.6 Å². The third kappa shape index (κ3) is 2.99. The van der Waals surface area contributed by atoms with Gasteiger partial charge in [0.05, 0.1) is 0 Å². The normalized spacial score (nSPS) is 10.5. The van der Waals surface area contributed by atoms with Crippen LogP contribution in [0.2, 0.25) is 5.15 Å². The number of nitrogens with zero attached hydrogens (tertiary/aromatic N) is 2. The molecule has 0 fully saturated rings. The molecule has 0 atom stereocenters. The molecule has 4 heteroatoms. The Bertz CT molecular complexity index is 514. The smallest absolute Gasteiger partial charge is 0.142 e. The SMILES string of the molecule is Cc1c(Cl)nnc(SCc2ccccc2)c1C. The molecule has 0 saturated carbocycles. The summed E-state index contributed by atoms with van der Waals surface area (Å²) < 4.78 is 0. The zero-order valence-corrected chi connectivity index (χ0v) is 11.3. The fraction of sp³-hybridized carbons (Fsp3) is 0.231. The number of rotatable bonds is 3. The summed E-state index contributed by atoms with van der Waals surface area (Å²) in [6.45, 7) is 4.00. The van der Waals surface area contributed by atoms with E-state index in [4.69, 9.17) is 11.6 Å². The zero-order chi connectivity index (χ0) is 12.3. The van der Waals surface area contributed by atoms with Gasteiger partial charge < -0.3 is 0 Å². The average molecular weight is 265 g/mol. The van der Waals surface area contributed by atoms with Crippen LogP contribution in [0.25, 0.3) is 0 Å². The Morgan fingerprint density at radius 2 is 1.76 bits per heavy atom. The Kier molecular flexibility index (Phi) is 4.02. The highest BCUT2D eigenvalue weighted by Crippen LogP contribution is 2.27. The van der Waals surface area contributed by atoms with Crippen LogP contribution in [-0.4, -0.2) is 10.2 Å². The van der Waals surface area contributed by atoms with Gasteiger partial charge in [-0.3, -0.25) is 0 Å².